The van der Waals surface area contributed by atoms with Crippen molar-refractivity contribution in [3.8, 4) is 5.75 Å². The van der Waals surface area contributed by atoms with Crippen LogP contribution < -0.4 is 15.4 Å². The standard InChI is InChI=1S/C19H22N2O3S/c1-13-6-4-5-7-17(13)21-19(23)14(2)25-12-18(22)20-15-8-10-16(24-3)11-9-15/h4-11,14H,12H2,1-3H3,(H,20,22)(H,21,23)/t14-/m0/s1. The van der Waals surface area contributed by atoms with Crippen LogP contribution >= 0.6 is 11.8 Å². The van der Waals surface area contributed by atoms with Crippen LogP contribution in [0.3, 0.4) is 0 Å². The highest BCUT2D eigenvalue weighted by atomic mass is 32.2. The van der Waals surface area contributed by atoms with Gasteiger partial charge >= 0.3 is 0 Å². The first-order valence-corrected chi connectivity index (χ1v) is 8.96. The summed E-state index contributed by atoms with van der Waals surface area (Å²) < 4.78 is 5.08. The Morgan fingerprint density at radius 3 is 2.40 bits per heavy atom. The molecule has 132 valence electrons. The molecule has 2 rings (SSSR count). The van der Waals surface area contributed by atoms with E-state index in [-0.39, 0.29) is 22.8 Å². The second kappa shape index (κ2) is 9.13. The van der Waals surface area contributed by atoms with Gasteiger partial charge in [0.1, 0.15) is 5.75 Å². The SMILES string of the molecule is COc1ccc(NC(=O)CS[C@@H](C)C(=O)Nc2ccccc2C)cc1. The van der Waals surface area contributed by atoms with Crippen LogP contribution in [0.25, 0.3) is 0 Å². The number of para-hydroxylation sites is 1. The number of aryl methyl sites for hydroxylation is 1. The Balaban J connectivity index is 1.80. The average Bonchev–Trinajstić information content (AvgIpc) is 2.62. The summed E-state index contributed by atoms with van der Waals surface area (Å²) in [6.07, 6.45) is 0. The molecular formula is C19H22N2O3S. The molecular weight excluding hydrogens is 336 g/mol. The largest absolute Gasteiger partial charge is 0.497 e. The van der Waals surface area contributed by atoms with Crippen LogP contribution in [0.5, 0.6) is 5.75 Å². The first-order valence-electron chi connectivity index (χ1n) is 7.91. The molecule has 25 heavy (non-hydrogen) atoms. The van der Waals surface area contributed by atoms with E-state index in [0.717, 1.165) is 17.0 Å². The van der Waals surface area contributed by atoms with Gasteiger partial charge in [0.2, 0.25) is 11.8 Å². The third-order valence-electron chi connectivity index (χ3n) is 3.61. The zero-order valence-electron chi connectivity index (χ0n) is 14.5. The van der Waals surface area contributed by atoms with E-state index in [0.29, 0.717) is 5.69 Å². The number of nitrogens with one attached hydrogen (secondary N) is 2. The highest BCUT2D eigenvalue weighted by Gasteiger charge is 2.16. The van der Waals surface area contributed by atoms with Gasteiger partial charge in [0.05, 0.1) is 18.1 Å². The van der Waals surface area contributed by atoms with Crippen LogP contribution in [0.4, 0.5) is 11.4 Å². The maximum absolute atomic E-state index is 12.2. The highest BCUT2D eigenvalue weighted by molar-refractivity contribution is 8.01. The molecule has 5 nitrogen and oxygen atoms in total. The van der Waals surface area contributed by atoms with Crippen molar-refractivity contribution in [3.63, 3.8) is 0 Å². The first kappa shape index (κ1) is 18.9. The zero-order chi connectivity index (χ0) is 18.2. The highest BCUT2D eigenvalue weighted by Crippen LogP contribution is 2.18. The fourth-order valence-corrected chi connectivity index (χ4v) is 2.78. The number of carbonyl (C=O) groups excluding carboxylic acids is 2. The predicted octanol–water partition coefficient (Wildman–Crippen LogP) is 3.70. The van der Waals surface area contributed by atoms with Gasteiger partial charge in [-0.15, -0.1) is 11.8 Å². The van der Waals surface area contributed by atoms with Gasteiger partial charge in [-0.1, -0.05) is 18.2 Å². The summed E-state index contributed by atoms with van der Waals surface area (Å²) in [5.74, 6) is 0.671. The zero-order valence-corrected chi connectivity index (χ0v) is 15.4. The summed E-state index contributed by atoms with van der Waals surface area (Å²) in [6.45, 7) is 3.73. The third kappa shape index (κ3) is 5.83. The van der Waals surface area contributed by atoms with Crippen LogP contribution in [0.2, 0.25) is 0 Å². The van der Waals surface area contributed by atoms with Crippen molar-refractivity contribution in [3.05, 3.63) is 54.1 Å². The lowest BCUT2D eigenvalue weighted by atomic mass is 10.2. The van der Waals surface area contributed by atoms with Gasteiger partial charge < -0.3 is 15.4 Å². The molecule has 0 spiro atoms. The number of methoxy groups -OCH3 is 1. The molecule has 0 fully saturated rings. The molecule has 2 N–H and O–H groups in total. The van der Waals surface area contributed by atoms with Crippen LogP contribution in [0, 0.1) is 6.92 Å². The number of ether oxygens (including phenoxy) is 1. The molecule has 0 unspecified atom stereocenters. The van der Waals surface area contributed by atoms with Crippen molar-refractivity contribution in [2.45, 2.75) is 19.1 Å². The van der Waals surface area contributed by atoms with E-state index in [4.69, 9.17) is 4.74 Å². The second-order valence-electron chi connectivity index (χ2n) is 5.53. The Kier molecular flexibility index (Phi) is 6.89. The molecule has 0 aromatic heterocycles. The van der Waals surface area contributed by atoms with Gasteiger partial charge in [0.25, 0.3) is 0 Å². The second-order valence-corrected chi connectivity index (χ2v) is 6.86. The molecule has 0 saturated carbocycles. The maximum atomic E-state index is 12.2. The lowest BCUT2D eigenvalue weighted by Crippen LogP contribution is -2.25. The number of hydrogen-bond acceptors (Lipinski definition) is 4. The molecule has 0 saturated heterocycles. The summed E-state index contributed by atoms with van der Waals surface area (Å²) in [6, 6.07) is 14.7. The quantitative estimate of drug-likeness (QED) is 0.792. The molecule has 0 heterocycles. The van der Waals surface area contributed by atoms with Crippen molar-refractivity contribution in [2.75, 3.05) is 23.5 Å². The minimum Gasteiger partial charge on any atom is -0.497 e. The van der Waals surface area contributed by atoms with Gasteiger partial charge in [-0.3, -0.25) is 9.59 Å². The molecule has 0 aliphatic carbocycles. The van der Waals surface area contributed by atoms with E-state index in [9.17, 15) is 9.59 Å². The topological polar surface area (TPSA) is 67.4 Å². The van der Waals surface area contributed by atoms with E-state index in [1.807, 2.05) is 31.2 Å². The first-order chi connectivity index (χ1) is 12.0. The van der Waals surface area contributed by atoms with Crippen molar-refractivity contribution in [1.82, 2.24) is 0 Å². The fourth-order valence-electron chi connectivity index (χ4n) is 2.10. The number of rotatable bonds is 7. The minimum absolute atomic E-state index is 0.114. The number of carbonyl (C=O) groups is 2. The Hall–Kier alpha value is -2.47. The summed E-state index contributed by atoms with van der Waals surface area (Å²) in [7, 11) is 1.59. The van der Waals surface area contributed by atoms with E-state index >= 15 is 0 Å². The van der Waals surface area contributed by atoms with Crippen LogP contribution in [-0.2, 0) is 9.59 Å². The monoisotopic (exact) mass is 358 g/mol. The summed E-state index contributed by atoms with van der Waals surface area (Å²) in [4.78, 5) is 24.2. The Morgan fingerprint density at radius 2 is 1.76 bits per heavy atom. The number of thioether (sulfide) groups is 1. The summed E-state index contributed by atoms with van der Waals surface area (Å²) >= 11 is 1.30. The summed E-state index contributed by atoms with van der Waals surface area (Å²) in [5, 5.41) is 5.36. The molecule has 1 atom stereocenters. The third-order valence-corrected chi connectivity index (χ3v) is 4.75. The van der Waals surface area contributed by atoms with E-state index in [1.54, 1.807) is 38.3 Å². The predicted molar refractivity (Wildman–Crippen MR) is 103 cm³/mol. The number of hydrogen-bond donors (Lipinski definition) is 2. The van der Waals surface area contributed by atoms with Crippen LogP contribution in [0.1, 0.15) is 12.5 Å². The van der Waals surface area contributed by atoms with Gasteiger partial charge in [0, 0.05) is 11.4 Å². The smallest absolute Gasteiger partial charge is 0.237 e. The normalized spacial score (nSPS) is 11.5. The van der Waals surface area contributed by atoms with Gasteiger partial charge in [-0.25, -0.2) is 0 Å². The van der Waals surface area contributed by atoms with Crippen molar-refractivity contribution in [1.29, 1.82) is 0 Å². The van der Waals surface area contributed by atoms with E-state index < -0.39 is 0 Å². The van der Waals surface area contributed by atoms with Gasteiger partial charge in [-0.2, -0.15) is 0 Å². The van der Waals surface area contributed by atoms with Crippen LogP contribution in [0.15, 0.2) is 48.5 Å². The Bertz CT molecular complexity index is 732. The molecule has 2 aromatic carbocycles. The van der Waals surface area contributed by atoms with Gasteiger partial charge in [0.15, 0.2) is 0 Å². The van der Waals surface area contributed by atoms with E-state index in [2.05, 4.69) is 10.6 Å². The molecule has 6 heteroatoms. The molecule has 0 bridgehead atoms. The van der Waals surface area contributed by atoms with Crippen LogP contribution in [-0.4, -0.2) is 29.9 Å². The Labute approximate surface area is 152 Å². The molecule has 0 radical (unpaired) electrons. The number of amides is 2. The van der Waals surface area contributed by atoms with Gasteiger partial charge in [-0.05, 0) is 49.7 Å². The number of anilines is 2. The van der Waals surface area contributed by atoms with Crippen molar-refractivity contribution >= 4 is 35.0 Å². The minimum atomic E-state index is -0.332. The van der Waals surface area contributed by atoms with Crippen molar-refractivity contribution in [2.24, 2.45) is 0 Å². The summed E-state index contributed by atoms with van der Waals surface area (Å²) in [5.41, 5.74) is 2.50. The van der Waals surface area contributed by atoms with E-state index in [1.165, 1.54) is 11.8 Å². The molecule has 0 aliphatic rings. The molecule has 0 aliphatic heterocycles. The lowest BCUT2D eigenvalue weighted by Gasteiger charge is -2.13. The lowest BCUT2D eigenvalue weighted by molar-refractivity contribution is -0.115. The maximum Gasteiger partial charge on any atom is 0.237 e. The van der Waals surface area contributed by atoms with Crippen molar-refractivity contribution < 1.29 is 14.3 Å². The Morgan fingerprint density at radius 1 is 1.08 bits per heavy atom. The molecule has 2 aromatic rings. The average molecular weight is 358 g/mol. The number of benzene rings is 2. The molecule has 2 amide bonds. The fraction of sp³-hybridized carbons (Fsp3) is 0.263.